The van der Waals surface area contributed by atoms with E-state index in [1.807, 2.05) is 74.0 Å². The van der Waals surface area contributed by atoms with Crippen LogP contribution in [0.4, 0.5) is 10.6 Å². The third-order valence-corrected chi connectivity index (χ3v) is 7.09. The van der Waals surface area contributed by atoms with Gasteiger partial charge in [-0.3, -0.25) is 4.90 Å². The first kappa shape index (κ1) is 30.4. The van der Waals surface area contributed by atoms with Crippen molar-refractivity contribution < 1.29 is 23.8 Å². The Bertz CT molecular complexity index is 1760. The number of benzene rings is 2. The van der Waals surface area contributed by atoms with E-state index in [4.69, 9.17) is 19.2 Å². The van der Waals surface area contributed by atoms with E-state index in [1.165, 1.54) is 6.08 Å². The number of esters is 1. The highest BCUT2D eigenvalue weighted by atomic mass is 16.6. The van der Waals surface area contributed by atoms with Gasteiger partial charge in [0.2, 0.25) is 0 Å². The summed E-state index contributed by atoms with van der Waals surface area (Å²) in [5, 5.41) is 10.3. The van der Waals surface area contributed by atoms with Gasteiger partial charge in [-0.1, -0.05) is 18.2 Å². The van der Waals surface area contributed by atoms with Gasteiger partial charge in [-0.25, -0.2) is 14.6 Å². The molecule has 0 aliphatic carbocycles. The molecule has 3 heterocycles. The van der Waals surface area contributed by atoms with E-state index in [1.54, 1.807) is 30.0 Å². The van der Waals surface area contributed by atoms with Crippen molar-refractivity contribution in [3.05, 3.63) is 95.3 Å². The molecule has 0 fully saturated rings. The Morgan fingerprint density at radius 2 is 1.93 bits per heavy atom. The van der Waals surface area contributed by atoms with Gasteiger partial charge in [-0.15, -0.1) is 0 Å². The van der Waals surface area contributed by atoms with E-state index in [-0.39, 0.29) is 12.7 Å². The lowest BCUT2D eigenvalue weighted by Gasteiger charge is -2.31. The van der Waals surface area contributed by atoms with E-state index in [0.29, 0.717) is 42.4 Å². The Morgan fingerprint density at radius 3 is 2.70 bits per heavy atom. The van der Waals surface area contributed by atoms with E-state index in [9.17, 15) is 14.9 Å². The standard InChI is InChI=1S/C35H36N4O5/c1-5-42-32(40)22-31(26-9-6-8-24(20-26)23-36)38-18-15-27-21-29(13-14-30(27)38)43-19-16-28-12-11-25-10-7-17-39(33(25)37-28)34(41)44-35(2,3)4/h6,8-9,11-15,18,20-22H,5,7,10,16-17,19H2,1-4H3/b31-22-. The van der Waals surface area contributed by atoms with Crippen molar-refractivity contribution in [1.29, 1.82) is 5.26 Å². The second kappa shape index (κ2) is 13.0. The van der Waals surface area contributed by atoms with Crippen LogP contribution in [-0.4, -0.2) is 47.0 Å². The number of aryl methyl sites for hydroxylation is 1. The summed E-state index contributed by atoms with van der Waals surface area (Å²) in [6.07, 6.45) is 5.25. The molecule has 9 nitrogen and oxygen atoms in total. The number of fused-ring (bicyclic) bond motifs is 2. The van der Waals surface area contributed by atoms with Crippen LogP contribution in [0.1, 0.15) is 56.5 Å². The topological polar surface area (TPSA) is 107 Å². The average molecular weight is 593 g/mol. The van der Waals surface area contributed by atoms with Crippen LogP contribution < -0.4 is 9.64 Å². The third-order valence-electron chi connectivity index (χ3n) is 7.09. The number of amides is 1. The lowest BCUT2D eigenvalue weighted by atomic mass is 10.1. The van der Waals surface area contributed by atoms with Crippen LogP contribution in [0.3, 0.4) is 0 Å². The molecule has 0 saturated carbocycles. The summed E-state index contributed by atoms with van der Waals surface area (Å²) in [4.78, 5) is 31.7. The lowest BCUT2D eigenvalue weighted by molar-refractivity contribution is -0.137. The first-order valence-electron chi connectivity index (χ1n) is 14.8. The lowest BCUT2D eigenvalue weighted by Crippen LogP contribution is -2.40. The summed E-state index contributed by atoms with van der Waals surface area (Å²) in [6.45, 7) is 8.57. The quantitative estimate of drug-likeness (QED) is 0.166. The predicted octanol–water partition coefficient (Wildman–Crippen LogP) is 6.67. The monoisotopic (exact) mass is 592 g/mol. The minimum Gasteiger partial charge on any atom is -0.493 e. The van der Waals surface area contributed by atoms with E-state index >= 15 is 0 Å². The molecule has 0 unspecified atom stereocenters. The van der Waals surface area contributed by atoms with Crippen molar-refractivity contribution in [2.45, 2.75) is 52.6 Å². The molecule has 0 spiro atoms. The summed E-state index contributed by atoms with van der Waals surface area (Å²) < 4.78 is 18.8. The Kier molecular flexibility index (Phi) is 9.00. The van der Waals surface area contributed by atoms with E-state index in [0.717, 1.165) is 40.6 Å². The van der Waals surface area contributed by atoms with Gasteiger partial charge < -0.3 is 18.8 Å². The molecule has 4 aromatic rings. The van der Waals surface area contributed by atoms with Gasteiger partial charge in [0.25, 0.3) is 0 Å². The number of ether oxygens (including phenoxy) is 3. The van der Waals surface area contributed by atoms with Crippen molar-refractivity contribution in [1.82, 2.24) is 9.55 Å². The van der Waals surface area contributed by atoms with E-state index < -0.39 is 11.6 Å². The van der Waals surface area contributed by atoms with Crippen LogP contribution in [0.5, 0.6) is 5.75 Å². The van der Waals surface area contributed by atoms with Gasteiger partial charge in [0.15, 0.2) is 0 Å². The van der Waals surface area contributed by atoms with Crippen LogP contribution >= 0.6 is 0 Å². The molecule has 0 atom stereocenters. The molecule has 0 saturated heterocycles. The number of carbonyl (C=O) groups excluding carboxylic acids is 2. The van der Waals surface area contributed by atoms with Crippen LogP contribution in [0.15, 0.2) is 72.9 Å². The summed E-state index contributed by atoms with van der Waals surface area (Å²) in [7, 11) is 0. The van der Waals surface area contributed by atoms with Crippen molar-refractivity contribution in [2.75, 3.05) is 24.7 Å². The molecular weight excluding hydrogens is 556 g/mol. The molecule has 1 aliphatic heterocycles. The molecule has 226 valence electrons. The second-order valence-electron chi connectivity index (χ2n) is 11.5. The molecule has 1 aliphatic rings. The van der Waals surface area contributed by atoms with Gasteiger partial charge in [0.05, 0.1) is 36.1 Å². The Morgan fingerprint density at radius 1 is 1.09 bits per heavy atom. The summed E-state index contributed by atoms with van der Waals surface area (Å²) in [5.74, 6) is 0.903. The SMILES string of the molecule is CCOC(=O)/C=C(/c1cccc(C#N)c1)n1ccc2cc(OCCc3ccc4c(n3)N(C(=O)OC(C)(C)C)CCC4)ccc21. The fourth-order valence-corrected chi connectivity index (χ4v) is 5.14. The van der Waals surface area contributed by atoms with Gasteiger partial charge in [-0.2, -0.15) is 5.26 Å². The van der Waals surface area contributed by atoms with Crippen LogP contribution in [-0.2, 0) is 27.1 Å². The maximum Gasteiger partial charge on any atom is 0.416 e. The highest BCUT2D eigenvalue weighted by molar-refractivity contribution is 5.95. The van der Waals surface area contributed by atoms with Crippen molar-refractivity contribution in [3.63, 3.8) is 0 Å². The van der Waals surface area contributed by atoms with Crippen LogP contribution in [0, 0.1) is 11.3 Å². The van der Waals surface area contributed by atoms with Gasteiger partial charge in [-0.05, 0) is 88.6 Å². The normalized spacial score (nSPS) is 13.2. The Balaban J connectivity index is 1.32. The average Bonchev–Trinajstić information content (AvgIpc) is 3.42. The second-order valence-corrected chi connectivity index (χ2v) is 11.5. The minimum atomic E-state index is -0.580. The first-order chi connectivity index (χ1) is 21.1. The van der Waals surface area contributed by atoms with Gasteiger partial charge >= 0.3 is 12.1 Å². The fourth-order valence-electron chi connectivity index (χ4n) is 5.14. The largest absolute Gasteiger partial charge is 0.493 e. The Hall–Kier alpha value is -5.10. The maximum atomic E-state index is 12.8. The zero-order valence-electron chi connectivity index (χ0n) is 25.5. The minimum absolute atomic E-state index is 0.261. The molecule has 5 rings (SSSR count). The maximum absolute atomic E-state index is 12.8. The highest BCUT2D eigenvalue weighted by Crippen LogP contribution is 2.29. The molecule has 2 aromatic carbocycles. The Labute approximate surface area is 257 Å². The molecule has 0 bridgehead atoms. The van der Waals surface area contributed by atoms with Crippen molar-refractivity contribution in [2.24, 2.45) is 0 Å². The number of pyridine rings is 1. The number of anilines is 1. The fraction of sp³-hybridized carbons (Fsp3) is 0.314. The summed E-state index contributed by atoms with van der Waals surface area (Å²) >= 11 is 0. The number of nitrogens with zero attached hydrogens (tertiary/aromatic N) is 4. The molecule has 9 heteroatoms. The van der Waals surface area contributed by atoms with Gasteiger partial charge in [0.1, 0.15) is 17.2 Å². The molecular formula is C35H36N4O5. The molecule has 2 aromatic heterocycles. The first-order valence-corrected chi connectivity index (χ1v) is 14.8. The molecule has 0 N–H and O–H groups in total. The highest BCUT2D eigenvalue weighted by Gasteiger charge is 2.28. The zero-order chi connectivity index (χ0) is 31.3. The zero-order valence-corrected chi connectivity index (χ0v) is 25.5. The smallest absolute Gasteiger partial charge is 0.416 e. The number of hydrogen-bond acceptors (Lipinski definition) is 7. The van der Waals surface area contributed by atoms with Crippen LogP contribution in [0.25, 0.3) is 16.6 Å². The third kappa shape index (κ3) is 7.09. The number of carbonyl (C=O) groups is 2. The van der Waals surface area contributed by atoms with Crippen molar-refractivity contribution >= 4 is 34.5 Å². The molecule has 44 heavy (non-hydrogen) atoms. The number of aromatic nitrogens is 2. The summed E-state index contributed by atoms with van der Waals surface area (Å²) in [5.41, 5.74) is 3.98. The number of hydrogen-bond donors (Lipinski definition) is 0. The van der Waals surface area contributed by atoms with Crippen LogP contribution in [0.2, 0.25) is 0 Å². The van der Waals surface area contributed by atoms with Gasteiger partial charge in [0, 0.05) is 41.9 Å². The van der Waals surface area contributed by atoms with Crippen molar-refractivity contribution in [3.8, 4) is 11.8 Å². The molecule has 1 amide bonds. The molecule has 0 radical (unpaired) electrons. The predicted molar refractivity (Wildman–Crippen MR) is 168 cm³/mol. The summed E-state index contributed by atoms with van der Waals surface area (Å²) in [6, 6.07) is 21.0. The number of nitriles is 1. The van der Waals surface area contributed by atoms with E-state index in [2.05, 4.69) is 6.07 Å². The number of rotatable bonds is 8.